The molecule has 0 saturated carbocycles. The quantitative estimate of drug-likeness (QED) is 0.844. The van der Waals surface area contributed by atoms with Crippen molar-refractivity contribution in [3.63, 3.8) is 0 Å². The van der Waals surface area contributed by atoms with Crippen LogP contribution < -0.4 is 0 Å². The summed E-state index contributed by atoms with van der Waals surface area (Å²) in [6, 6.07) is 6.41. The second-order valence-electron chi connectivity index (χ2n) is 7.43. The fourth-order valence-electron chi connectivity index (χ4n) is 3.78. The molecule has 136 valence electrons. The first-order valence-corrected chi connectivity index (χ1v) is 9.34. The maximum absolute atomic E-state index is 13.7. The van der Waals surface area contributed by atoms with Gasteiger partial charge in [-0.25, -0.2) is 4.39 Å². The molecule has 2 fully saturated rings. The molecular weight excluding hydrogens is 319 g/mol. The van der Waals surface area contributed by atoms with E-state index in [2.05, 4.69) is 6.92 Å². The average molecular weight is 346 g/mol. The van der Waals surface area contributed by atoms with Crippen molar-refractivity contribution in [2.45, 2.75) is 39.0 Å². The number of carbonyl (C=O) groups excluding carboxylic acids is 2. The molecule has 3 rings (SSSR count). The topological polar surface area (TPSA) is 40.6 Å². The first-order chi connectivity index (χ1) is 12.0. The van der Waals surface area contributed by atoms with E-state index in [1.807, 2.05) is 4.90 Å². The summed E-state index contributed by atoms with van der Waals surface area (Å²) in [4.78, 5) is 28.8. The Morgan fingerprint density at radius 2 is 1.60 bits per heavy atom. The maximum atomic E-state index is 13.7. The van der Waals surface area contributed by atoms with Gasteiger partial charge in [-0.2, -0.15) is 0 Å². The average Bonchev–Trinajstić information content (AvgIpc) is 2.64. The van der Waals surface area contributed by atoms with Crippen molar-refractivity contribution in [2.24, 2.45) is 11.8 Å². The summed E-state index contributed by atoms with van der Waals surface area (Å²) >= 11 is 0. The Labute approximate surface area is 149 Å². The molecule has 0 radical (unpaired) electrons. The van der Waals surface area contributed by atoms with E-state index in [0.717, 1.165) is 25.9 Å². The Morgan fingerprint density at radius 3 is 2.24 bits per heavy atom. The zero-order chi connectivity index (χ0) is 17.8. The first kappa shape index (κ1) is 17.9. The third kappa shape index (κ3) is 4.39. The lowest BCUT2D eigenvalue weighted by Crippen LogP contribution is -2.46. The summed E-state index contributed by atoms with van der Waals surface area (Å²) in [5.74, 6) is 0.615. The monoisotopic (exact) mass is 346 g/mol. The summed E-state index contributed by atoms with van der Waals surface area (Å²) in [5, 5.41) is 0. The van der Waals surface area contributed by atoms with Crippen molar-refractivity contribution in [1.82, 2.24) is 9.80 Å². The van der Waals surface area contributed by atoms with Crippen molar-refractivity contribution in [3.8, 4) is 0 Å². The highest BCUT2D eigenvalue weighted by atomic mass is 19.1. The van der Waals surface area contributed by atoms with Gasteiger partial charge >= 0.3 is 0 Å². The molecule has 1 aromatic rings. The third-order valence-corrected chi connectivity index (χ3v) is 5.59. The van der Waals surface area contributed by atoms with Gasteiger partial charge in [0.15, 0.2) is 0 Å². The highest BCUT2D eigenvalue weighted by molar-refractivity contribution is 5.81. The minimum Gasteiger partial charge on any atom is -0.342 e. The second-order valence-corrected chi connectivity index (χ2v) is 7.43. The van der Waals surface area contributed by atoms with Crippen LogP contribution in [0.3, 0.4) is 0 Å². The van der Waals surface area contributed by atoms with Gasteiger partial charge in [-0.1, -0.05) is 25.1 Å². The third-order valence-electron chi connectivity index (χ3n) is 5.59. The number of nitrogens with zero attached hydrogens (tertiary/aromatic N) is 2. The molecule has 0 N–H and O–H groups in total. The number of amides is 2. The van der Waals surface area contributed by atoms with Crippen molar-refractivity contribution >= 4 is 11.8 Å². The Hall–Kier alpha value is -1.91. The van der Waals surface area contributed by atoms with Crippen molar-refractivity contribution < 1.29 is 14.0 Å². The van der Waals surface area contributed by atoms with Gasteiger partial charge in [0.1, 0.15) is 5.82 Å². The van der Waals surface area contributed by atoms with Gasteiger partial charge in [0, 0.05) is 32.1 Å². The van der Waals surface area contributed by atoms with Gasteiger partial charge < -0.3 is 9.80 Å². The fourth-order valence-corrected chi connectivity index (χ4v) is 3.78. The van der Waals surface area contributed by atoms with Crippen molar-refractivity contribution in [2.75, 3.05) is 26.2 Å². The van der Waals surface area contributed by atoms with Gasteiger partial charge in [0.05, 0.1) is 6.42 Å². The number of hydrogen-bond donors (Lipinski definition) is 0. The number of carbonyl (C=O) groups is 2. The van der Waals surface area contributed by atoms with E-state index in [1.54, 1.807) is 23.1 Å². The van der Waals surface area contributed by atoms with Crippen LogP contribution in [0.2, 0.25) is 0 Å². The molecule has 0 unspecified atom stereocenters. The normalized spacial score (nSPS) is 19.9. The summed E-state index contributed by atoms with van der Waals surface area (Å²) in [5.41, 5.74) is 0.438. The van der Waals surface area contributed by atoms with Crippen LogP contribution in [-0.4, -0.2) is 47.8 Å². The molecular formula is C20H27FN2O2. The van der Waals surface area contributed by atoms with Crippen LogP contribution in [0.15, 0.2) is 24.3 Å². The Morgan fingerprint density at radius 1 is 1.00 bits per heavy atom. The lowest BCUT2D eigenvalue weighted by molar-refractivity contribution is -0.141. The van der Waals surface area contributed by atoms with E-state index in [4.69, 9.17) is 0 Å². The van der Waals surface area contributed by atoms with Crippen LogP contribution in [-0.2, 0) is 16.0 Å². The number of rotatable bonds is 3. The number of hydrogen-bond acceptors (Lipinski definition) is 2. The van der Waals surface area contributed by atoms with Crippen molar-refractivity contribution in [3.05, 3.63) is 35.6 Å². The van der Waals surface area contributed by atoms with E-state index in [1.165, 1.54) is 6.07 Å². The number of halogens is 1. The largest absolute Gasteiger partial charge is 0.342 e. The summed E-state index contributed by atoms with van der Waals surface area (Å²) in [6.45, 7) is 5.15. The first-order valence-electron chi connectivity index (χ1n) is 9.34. The van der Waals surface area contributed by atoms with Gasteiger partial charge in [0.25, 0.3) is 0 Å². The molecule has 2 heterocycles. The van der Waals surface area contributed by atoms with Crippen LogP contribution in [0.25, 0.3) is 0 Å². The lowest BCUT2D eigenvalue weighted by atomic mass is 9.92. The van der Waals surface area contributed by atoms with E-state index in [9.17, 15) is 14.0 Å². The minimum absolute atomic E-state index is 0.0333. The zero-order valence-electron chi connectivity index (χ0n) is 14.9. The molecule has 25 heavy (non-hydrogen) atoms. The highest BCUT2D eigenvalue weighted by Crippen LogP contribution is 2.24. The second kappa shape index (κ2) is 7.98. The van der Waals surface area contributed by atoms with E-state index in [0.29, 0.717) is 37.4 Å². The van der Waals surface area contributed by atoms with Gasteiger partial charge in [-0.3, -0.25) is 9.59 Å². The van der Waals surface area contributed by atoms with Crippen LogP contribution in [0, 0.1) is 17.7 Å². The van der Waals surface area contributed by atoms with E-state index >= 15 is 0 Å². The van der Waals surface area contributed by atoms with Gasteiger partial charge in [0.2, 0.25) is 11.8 Å². The fraction of sp³-hybridized carbons (Fsp3) is 0.600. The van der Waals surface area contributed by atoms with Gasteiger partial charge in [-0.15, -0.1) is 0 Å². The molecule has 2 aliphatic heterocycles. The molecule has 0 aliphatic carbocycles. The molecule has 0 spiro atoms. The number of benzene rings is 1. The highest BCUT2D eigenvalue weighted by Gasteiger charge is 2.31. The minimum atomic E-state index is -0.333. The number of piperidine rings is 2. The Kier molecular flexibility index (Phi) is 5.71. The van der Waals surface area contributed by atoms with Crippen LogP contribution in [0.4, 0.5) is 4.39 Å². The Bertz CT molecular complexity index is 618. The van der Waals surface area contributed by atoms with Crippen LogP contribution >= 0.6 is 0 Å². The van der Waals surface area contributed by atoms with Crippen molar-refractivity contribution in [1.29, 1.82) is 0 Å². The lowest BCUT2D eigenvalue weighted by Gasteiger charge is -2.36. The SMILES string of the molecule is CC1CCN(C(=O)C2CCN(C(=O)Cc3ccccc3F)CC2)CC1. The molecule has 2 saturated heterocycles. The summed E-state index contributed by atoms with van der Waals surface area (Å²) in [6.07, 6.45) is 3.70. The molecule has 5 heteroatoms. The summed E-state index contributed by atoms with van der Waals surface area (Å²) < 4.78 is 13.7. The standard InChI is InChI=1S/C20H27FN2O2/c1-15-6-10-23(11-7-15)20(25)16-8-12-22(13-9-16)19(24)14-17-4-2-3-5-18(17)21/h2-5,15-16H,6-14H2,1H3. The molecule has 2 amide bonds. The van der Waals surface area contributed by atoms with E-state index in [-0.39, 0.29) is 30.0 Å². The smallest absolute Gasteiger partial charge is 0.227 e. The molecule has 0 aromatic heterocycles. The maximum Gasteiger partial charge on any atom is 0.227 e. The molecule has 4 nitrogen and oxygen atoms in total. The van der Waals surface area contributed by atoms with E-state index < -0.39 is 0 Å². The summed E-state index contributed by atoms with van der Waals surface area (Å²) in [7, 11) is 0. The molecule has 2 aliphatic rings. The predicted molar refractivity (Wildman–Crippen MR) is 94.4 cm³/mol. The molecule has 1 aromatic carbocycles. The van der Waals surface area contributed by atoms with Crippen LogP contribution in [0.5, 0.6) is 0 Å². The molecule has 0 atom stereocenters. The zero-order valence-corrected chi connectivity index (χ0v) is 14.9. The molecule has 0 bridgehead atoms. The predicted octanol–water partition coefficient (Wildman–Crippen LogP) is 2.87. The number of likely N-dealkylation sites (tertiary alicyclic amines) is 2. The van der Waals surface area contributed by atoms with Crippen LogP contribution in [0.1, 0.15) is 38.2 Å². The van der Waals surface area contributed by atoms with Gasteiger partial charge in [-0.05, 0) is 43.2 Å². The Balaban J connectivity index is 1.49.